The van der Waals surface area contributed by atoms with E-state index in [9.17, 15) is 0 Å². The van der Waals surface area contributed by atoms with Crippen LogP contribution in [0, 0.1) is 11.8 Å². The average molecular weight is 283 g/mol. The van der Waals surface area contributed by atoms with Crippen LogP contribution in [0.25, 0.3) is 0 Å². The lowest BCUT2D eigenvalue weighted by Gasteiger charge is -2.42. The van der Waals surface area contributed by atoms with Gasteiger partial charge >= 0.3 is 0 Å². The molecule has 2 aliphatic heterocycles. The maximum Gasteiger partial charge on any atom is 0.0783 e. The van der Waals surface area contributed by atoms with E-state index in [1.165, 1.54) is 56.5 Å². The molecule has 0 radical (unpaired) electrons. The molecule has 2 nitrogen and oxygen atoms in total. The van der Waals surface area contributed by atoms with E-state index in [0.29, 0.717) is 0 Å². The molecule has 2 heterocycles. The van der Waals surface area contributed by atoms with E-state index in [1.807, 2.05) is 0 Å². The third-order valence-electron chi connectivity index (χ3n) is 5.45. The largest absolute Gasteiger partial charge is 0.374 e. The lowest BCUT2D eigenvalue weighted by Crippen LogP contribution is -2.48. The molecule has 3 atom stereocenters. The summed E-state index contributed by atoms with van der Waals surface area (Å²) in [5.41, 5.74) is 0.251. The Labute approximate surface area is 122 Å². The van der Waals surface area contributed by atoms with Crippen molar-refractivity contribution in [2.24, 2.45) is 11.8 Å². The van der Waals surface area contributed by atoms with Crippen LogP contribution in [0.5, 0.6) is 0 Å². The van der Waals surface area contributed by atoms with Gasteiger partial charge < -0.3 is 10.1 Å². The van der Waals surface area contributed by atoms with Gasteiger partial charge in [-0.2, -0.15) is 11.8 Å². The minimum Gasteiger partial charge on any atom is -0.374 e. The molecule has 0 bridgehead atoms. The molecule has 1 aliphatic carbocycles. The summed E-state index contributed by atoms with van der Waals surface area (Å²) in [6.45, 7) is 4.38. The summed E-state index contributed by atoms with van der Waals surface area (Å²) in [4.78, 5) is 0. The Balaban J connectivity index is 1.59. The van der Waals surface area contributed by atoms with Crippen molar-refractivity contribution in [1.29, 1.82) is 0 Å². The predicted molar refractivity (Wildman–Crippen MR) is 82.8 cm³/mol. The summed E-state index contributed by atoms with van der Waals surface area (Å²) in [6.07, 6.45) is 9.72. The highest BCUT2D eigenvalue weighted by molar-refractivity contribution is 7.99. The molecule has 3 unspecified atom stereocenters. The van der Waals surface area contributed by atoms with Crippen molar-refractivity contribution in [2.75, 3.05) is 24.7 Å². The van der Waals surface area contributed by atoms with Gasteiger partial charge in [-0.15, -0.1) is 0 Å². The van der Waals surface area contributed by atoms with Crippen molar-refractivity contribution < 1.29 is 4.74 Å². The molecule has 3 fully saturated rings. The van der Waals surface area contributed by atoms with Crippen molar-refractivity contribution in [2.45, 2.75) is 63.5 Å². The fourth-order valence-corrected chi connectivity index (χ4v) is 5.44. The molecule has 1 N–H and O–H groups in total. The van der Waals surface area contributed by atoms with Gasteiger partial charge in [-0.05, 0) is 49.8 Å². The molecular formula is C16H29NOS. The summed E-state index contributed by atoms with van der Waals surface area (Å²) in [5, 5.41) is 3.80. The maximum atomic E-state index is 6.18. The number of thioether (sulfide) groups is 1. The van der Waals surface area contributed by atoms with Crippen LogP contribution in [0.4, 0.5) is 0 Å². The van der Waals surface area contributed by atoms with Gasteiger partial charge in [-0.25, -0.2) is 0 Å². The summed E-state index contributed by atoms with van der Waals surface area (Å²) in [6, 6.07) is 0.752. The second kappa shape index (κ2) is 6.36. The Kier molecular flexibility index (Phi) is 4.76. The first kappa shape index (κ1) is 14.2. The Morgan fingerprint density at radius 2 is 2.26 bits per heavy atom. The predicted octanol–water partition coefficient (Wildman–Crippen LogP) is 3.46. The Morgan fingerprint density at radius 1 is 1.37 bits per heavy atom. The SMILES string of the molecule is CCNC(CC1CCC1)C1CCOC2(CCSC2)C1. The normalized spacial score (nSPS) is 37.4. The van der Waals surface area contributed by atoms with Crippen LogP contribution in [-0.4, -0.2) is 36.3 Å². The second-order valence-corrected chi connectivity index (χ2v) is 7.89. The van der Waals surface area contributed by atoms with Crippen LogP contribution in [0.2, 0.25) is 0 Å². The van der Waals surface area contributed by atoms with E-state index < -0.39 is 0 Å². The first-order valence-corrected chi connectivity index (χ1v) is 9.42. The number of nitrogens with one attached hydrogen (secondary N) is 1. The molecule has 1 saturated carbocycles. The number of hydrogen-bond acceptors (Lipinski definition) is 3. The van der Waals surface area contributed by atoms with Gasteiger partial charge in [0.1, 0.15) is 0 Å². The molecular weight excluding hydrogens is 254 g/mol. The zero-order valence-electron chi connectivity index (χ0n) is 12.3. The number of rotatable bonds is 5. The quantitative estimate of drug-likeness (QED) is 0.835. The minimum absolute atomic E-state index is 0.251. The van der Waals surface area contributed by atoms with Gasteiger partial charge in [0.15, 0.2) is 0 Å². The molecule has 3 heteroatoms. The summed E-state index contributed by atoms with van der Waals surface area (Å²) < 4.78 is 6.18. The van der Waals surface area contributed by atoms with Crippen LogP contribution in [0.1, 0.15) is 51.9 Å². The van der Waals surface area contributed by atoms with Crippen LogP contribution < -0.4 is 5.32 Å². The highest BCUT2D eigenvalue weighted by Crippen LogP contribution is 2.43. The third kappa shape index (κ3) is 3.30. The van der Waals surface area contributed by atoms with Crippen LogP contribution in [0.15, 0.2) is 0 Å². The summed E-state index contributed by atoms with van der Waals surface area (Å²) >= 11 is 2.09. The molecule has 3 aliphatic rings. The molecule has 0 aromatic heterocycles. The topological polar surface area (TPSA) is 21.3 Å². The molecule has 0 aromatic rings. The Hall–Kier alpha value is 0.270. The van der Waals surface area contributed by atoms with Crippen LogP contribution in [0.3, 0.4) is 0 Å². The van der Waals surface area contributed by atoms with E-state index >= 15 is 0 Å². The van der Waals surface area contributed by atoms with Crippen molar-refractivity contribution >= 4 is 11.8 Å². The molecule has 1 spiro atoms. The first-order valence-electron chi connectivity index (χ1n) is 8.26. The maximum absolute atomic E-state index is 6.18. The van der Waals surface area contributed by atoms with Crippen molar-refractivity contribution in [3.8, 4) is 0 Å². The van der Waals surface area contributed by atoms with Crippen LogP contribution in [-0.2, 0) is 4.74 Å². The highest BCUT2D eigenvalue weighted by atomic mass is 32.2. The molecule has 0 amide bonds. The molecule has 2 saturated heterocycles. The van der Waals surface area contributed by atoms with E-state index in [4.69, 9.17) is 4.74 Å². The lowest BCUT2D eigenvalue weighted by atomic mass is 9.74. The van der Waals surface area contributed by atoms with E-state index in [-0.39, 0.29) is 5.60 Å². The van der Waals surface area contributed by atoms with Crippen molar-refractivity contribution in [3.05, 3.63) is 0 Å². The second-order valence-electron chi connectivity index (χ2n) is 6.78. The zero-order valence-corrected chi connectivity index (χ0v) is 13.1. The third-order valence-corrected chi connectivity index (χ3v) is 6.67. The highest BCUT2D eigenvalue weighted by Gasteiger charge is 2.42. The average Bonchev–Trinajstić information content (AvgIpc) is 2.80. The summed E-state index contributed by atoms with van der Waals surface area (Å²) in [7, 11) is 0. The minimum atomic E-state index is 0.251. The van der Waals surface area contributed by atoms with Gasteiger partial charge in [-0.3, -0.25) is 0 Å². The Morgan fingerprint density at radius 3 is 2.89 bits per heavy atom. The van der Waals surface area contributed by atoms with E-state index in [1.54, 1.807) is 0 Å². The van der Waals surface area contributed by atoms with Crippen molar-refractivity contribution in [1.82, 2.24) is 5.32 Å². The van der Waals surface area contributed by atoms with Gasteiger partial charge in [-0.1, -0.05) is 26.2 Å². The summed E-state index contributed by atoms with van der Waals surface area (Å²) in [5.74, 6) is 4.42. The van der Waals surface area contributed by atoms with E-state index in [0.717, 1.165) is 31.0 Å². The number of hydrogen-bond donors (Lipinski definition) is 1. The molecule has 0 aromatic carbocycles. The zero-order chi connectivity index (χ0) is 13.1. The molecule has 19 heavy (non-hydrogen) atoms. The standard InChI is InChI=1S/C16H29NOS/c1-2-17-15(10-13-4-3-5-13)14-6-8-18-16(11-14)7-9-19-12-16/h13-15,17H,2-12H2,1H3. The lowest BCUT2D eigenvalue weighted by molar-refractivity contribution is -0.0866. The van der Waals surface area contributed by atoms with Crippen LogP contribution >= 0.6 is 11.8 Å². The monoisotopic (exact) mass is 283 g/mol. The van der Waals surface area contributed by atoms with Gasteiger partial charge in [0.25, 0.3) is 0 Å². The van der Waals surface area contributed by atoms with Gasteiger partial charge in [0.2, 0.25) is 0 Å². The first-order chi connectivity index (χ1) is 9.31. The number of ether oxygens (including phenoxy) is 1. The fourth-order valence-electron chi connectivity index (χ4n) is 4.06. The van der Waals surface area contributed by atoms with Crippen molar-refractivity contribution in [3.63, 3.8) is 0 Å². The van der Waals surface area contributed by atoms with Gasteiger partial charge in [0.05, 0.1) is 5.60 Å². The fraction of sp³-hybridized carbons (Fsp3) is 1.00. The Bertz CT molecular complexity index is 286. The molecule has 3 rings (SSSR count). The smallest absolute Gasteiger partial charge is 0.0783 e. The molecule has 110 valence electrons. The van der Waals surface area contributed by atoms with E-state index in [2.05, 4.69) is 24.0 Å². The van der Waals surface area contributed by atoms with Gasteiger partial charge in [0, 0.05) is 18.4 Å².